The van der Waals surface area contributed by atoms with E-state index in [9.17, 15) is 4.79 Å². The highest BCUT2D eigenvalue weighted by molar-refractivity contribution is 9.11. The number of nitrogens with zero attached hydrogens (tertiary/aromatic N) is 1. The molecule has 2 rings (SSSR count). The van der Waals surface area contributed by atoms with Gasteiger partial charge in [0, 0.05) is 0 Å². The molecule has 0 atom stereocenters. The second-order valence-electron chi connectivity index (χ2n) is 4.73. The molecule has 1 aliphatic rings. The van der Waals surface area contributed by atoms with Crippen molar-refractivity contribution in [1.82, 2.24) is 4.98 Å². The fourth-order valence-corrected chi connectivity index (χ4v) is 3.53. The second kappa shape index (κ2) is 7.20. The first-order valence-corrected chi connectivity index (χ1v) is 8.26. The normalized spacial score (nSPS) is 23.7. The van der Waals surface area contributed by atoms with Gasteiger partial charge in [0.15, 0.2) is 0 Å². The Morgan fingerprint density at radius 1 is 1.53 bits per heavy atom. The Hall–Kier alpha value is -0.680. The molecule has 1 heterocycles. The van der Waals surface area contributed by atoms with Crippen molar-refractivity contribution in [3.8, 4) is 0 Å². The van der Waals surface area contributed by atoms with Gasteiger partial charge in [-0.25, -0.2) is 4.98 Å². The van der Waals surface area contributed by atoms with Gasteiger partial charge in [0.1, 0.15) is 5.01 Å². The molecular weight excluding hydrogens is 326 g/mol. The van der Waals surface area contributed by atoms with Crippen LogP contribution in [0.25, 0.3) is 6.08 Å². The summed E-state index contributed by atoms with van der Waals surface area (Å²) in [5.41, 5.74) is 0. The smallest absolute Gasteiger partial charge is 0.308 e. The summed E-state index contributed by atoms with van der Waals surface area (Å²) in [4.78, 5) is 15.9. The van der Waals surface area contributed by atoms with Crippen LogP contribution in [0.1, 0.15) is 37.6 Å². The monoisotopic (exact) mass is 343 g/mol. The van der Waals surface area contributed by atoms with Gasteiger partial charge < -0.3 is 4.74 Å². The number of allylic oxidation sites excluding steroid dienone is 1. The maximum absolute atomic E-state index is 11.6. The number of aromatic nitrogens is 1. The van der Waals surface area contributed by atoms with E-state index in [-0.39, 0.29) is 11.9 Å². The third kappa shape index (κ3) is 4.42. The Morgan fingerprint density at radius 3 is 2.84 bits per heavy atom. The number of esters is 1. The van der Waals surface area contributed by atoms with Gasteiger partial charge in [-0.05, 0) is 60.5 Å². The van der Waals surface area contributed by atoms with Crippen molar-refractivity contribution >= 4 is 39.3 Å². The summed E-state index contributed by atoms with van der Waals surface area (Å²) < 4.78 is 6.13. The molecule has 0 amide bonds. The Bertz CT molecular complexity index is 450. The highest BCUT2D eigenvalue weighted by Gasteiger charge is 2.25. The minimum absolute atomic E-state index is 0.0196. The first kappa shape index (κ1) is 14.7. The van der Waals surface area contributed by atoms with Crippen LogP contribution in [-0.4, -0.2) is 17.6 Å². The van der Waals surface area contributed by atoms with E-state index in [1.54, 1.807) is 11.3 Å². The Labute approximate surface area is 126 Å². The molecule has 0 saturated heterocycles. The van der Waals surface area contributed by atoms with Crippen LogP contribution < -0.4 is 0 Å². The van der Waals surface area contributed by atoms with Crippen molar-refractivity contribution in [3.63, 3.8) is 0 Å². The van der Waals surface area contributed by atoms with Crippen LogP contribution in [0, 0.1) is 11.8 Å². The first-order chi connectivity index (χ1) is 9.19. The summed E-state index contributed by atoms with van der Waals surface area (Å²) in [7, 11) is 0. The zero-order valence-electron chi connectivity index (χ0n) is 11.0. The molecule has 1 saturated carbocycles. The lowest BCUT2D eigenvalue weighted by Gasteiger charge is -2.25. The summed E-state index contributed by atoms with van der Waals surface area (Å²) in [5.74, 6) is 0.653. The molecule has 1 aromatic rings. The standard InChI is InChI=1S/C14H18BrNO2S/c1-2-18-14(17)11-6-3-10(4-7-11)5-8-13-16-9-12(15)19-13/h5,8-11H,2-4,6-7H2,1H3/t10-,11-. The van der Waals surface area contributed by atoms with Crippen LogP contribution in [0.5, 0.6) is 0 Å². The van der Waals surface area contributed by atoms with Gasteiger partial charge in [0.25, 0.3) is 0 Å². The van der Waals surface area contributed by atoms with Gasteiger partial charge in [0.05, 0.1) is 22.5 Å². The Morgan fingerprint density at radius 2 is 2.26 bits per heavy atom. The number of carbonyl (C=O) groups excluding carboxylic acids is 1. The van der Waals surface area contributed by atoms with Crippen LogP contribution >= 0.6 is 27.3 Å². The Kier molecular flexibility index (Phi) is 5.58. The maximum atomic E-state index is 11.6. The molecule has 0 radical (unpaired) electrons. The van der Waals surface area contributed by atoms with Crippen molar-refractivity contribution in [2.45, 2.75) is 32.6 Å². The van der Waals surface area contributed by atoms with Crippen LogP contribution in [0.4, 0.5) is 0 Å². The van der Waals surface area contributed by atoms with E-state index >= 15 is 0 Å². The zero-order chi connectivity index (χ0) is 13.7. The van der Waals surface area contributed by atoms with Gasteiger partial charge in [0.2, 0.25) is 0 Å². The number of rotatable bonds is 4. The van der Waals surface area contributed by atoms with Crippen LogP contribution in [0.2, 0.25) is 0 Å². The number of hydrogen-bond donors (Lipinski definition) is 0. The number of thiazole rings is 1. The molecule has 1 fully saturated rings. The van der Waals surface area contributed by atoms with E-state index in [4.69, 9.17) is 4.74 Å². The zero-order valence-corrected chi connectivity index (χ0v) is 13.4. The summed E-state index contributed by atoms with van der Waals surface area (Å²) >= 11 is 5.04. The number of halogens is 1. The highest BCUT2D eigenvalue weighted by Crippen LogP contribution is 2.31. The predicted molar refractivity (Wildman–Crippen MR) is 80.9 cm³/mol. The van der Waals surface area contributed by atoms with Crippen molar-refractivity contribution in [2.75, 3.05) is 6.61 Å². The van der Waals surface area contributed by atoms with E-state index in [1.165, 1.54) is 0 Å². The largest absolute Gasteiger partial charge is 0.466 e. The van der Waals surface area contributed by atoms with Gasteiger partial charge in [-0.1, -0.05) is 6.08 Å². The number of hydrogen-bond acceptors (Lipinski definition) is 4. The van der Waals surface area contributed by atoms with E-state index in [0.717, 1.165) is 34.5 Å². The van der Waals surface area contributed by atoms with Gasteiger partial charge in [-0.3, -0.25) is 4.79 Å². The molecule has 104 valence electrons. The van der Waals surface area contributed by atoms with Gasteiger partial charge in [-0.2, -0.15) is 0 Å². The molecule has 0 aromatic carbocycles. The van der Waals surface area contributed by atoms with Crippen molar-refractivity contribution < 1.29 is 9.53 Å². The minimum atomic E-state index is -0.0196. The molecule has 0 aliphatic heterocycles. The molecule has 0 N–H and O–H groups in total. The molecule has 0 unspecified atom stereocenters. The molecule has 1 aliphatic carbocycles. The van der Waals surface area contributed by atoms with Crippen LogP contribution in [0.3, 0.4) is 0 Å². The third-order valence-corrected chi connectivity index (χ3v) is 4.84. The maximum Gasteiger partial charge on any atom is 0.308 e. The molecule has 0 bridgehead atoms. The summed E-state index contributed by atoms with van der Waals surface area (Å²) in [5, 5.41) is 1.03. The van der Waals surface area contributed by atoms with Gasteiger partial charge in [-0.15, -0.1) is 11.3 Å². The van der Waals surface area contributed by atoms with Crippen LogP contribution in [0.15, 0.2) is 16.1 Å². The first-order valence-electron chi connectivity index (χ1n) is 6.65. The average molecular weight is 344 g/mol. The third-order valence-electron chi connectivity index (χ3n) is 3.40. The fraction of sp³-hybridized carbons (Fsp3) is 0.571. The minimum Gasteiger partial charge on any atom is -0.466 e. The summed E-state index contributed by atoms with van der Waals surface area (Å²) in [6.07, 6.45) is 10.1. The van der Waals surface area contributed by atoms with E-state index in [2.05, 4.69) is 33.1 Å². The lowest BCUT2D eigenvalue weighted by atomic mass is 9.82. The molecule has 0 spiro atoms. The average Bonchev–Trinajstić information content (AvgIpc) is 2.83. The quantitative estimate of drug-likeness (QED) is 0.765. The summed E-state index contributed by atoms with van der Waals surface area (Å²) in [6.45, 7) is 2.34. The number of ether oxygens (including phenoxy) is 1. The van der Waals surface area contributed by atoms with Crippen molar-refractivity contribution in [1.29, 1.82) is 0 Å². The van der Waals surface area contributed by atoms with Gasteiger partial charge >= 0.3 is 5.97 Å². The Balaban J connectivity index is 1.80. The van der Waals surface area contributed by atoms with E-state index in [1.807, 2.05) is 13.1 Å². The topological polar surface area (TPSA) is 39.2 Å². The second-order valence-corrected chi connectivity index (χ2v) is 7.17. The van der Waals surface area contributed by atoms with Crippen molar-refractivity contribution in [3.05, 3.63) is 21.1 Å². The molecule has 5 heteroatoms. The predicted octanol–water partition coefficient (Wildman–Crippen LogP) is 4.29. The SMILES string of the molecule is CCOC(=O)[C@H]1CC[C@H](C=Cc2ncc(Br)s2)CC1. The van der Waals surface area contributed by atoms with Crippen molar-refractivity contribution in [2.24, 2.45) is 11.8 Å². The molecule has 19 heavy (non-hydrogen) atoms. The number of carbonyl (C=O) groups is 1. The molecule has 3 nitrogen and oxygen atoms in total. The molecular formula is C14H18BrNO2S. The fourth-order valence-electron chi connectivity index (χ4n) is 2.37. The highest BCUT2D eigenvalue weighted by atomic mass is 79.9. The van der Waals surface area contributed by atoms with E-state index in [0.29, 0.717) is 12.5 Å². The summed E-state index contributed by atoms with van der Waals surface area (Å²) in [6, 6.07) is 0. The van der Waals surface area contributed by atoms with Crippen LogP contribution in [-0.2, 0) is 9.53 Å². The lowest BCUT2D eigenvalue weighted by molar-refractivity contribution is -0.149. The van der Waals surface area contributed by atoms with E-state index < -0.39 is 0 Å². The molecule has 1 aromatic heterocycles. The lowest BCUT2D eigenvalue weighted by Crippen LogP contribution is -2.23.